The van der Waals surface area contributed by atoms with Crippen molar-refractivity contribution in [3.05, 3.63) is 28.8 Å². The lowest BCUT2D eigenvalue weighted by Gasteiger charge is -2.18. The summed E-state index contributed by atoms with van der Waals surface area (Å²) in [5.41, 5.74) is 3.83. The SMILES string of the molecule is CCCCc1ccc(OC(=O)O)c(CCCC)c1CCCC. The average molecular weight is 306 g/mol. The number of unbranched alkanes of at least 4 members (excludes halogenated alkanes) is 3. The van der Waals surface area contributed by atoms with E-state index < -0.39 is 6.16 Å². The fourth-order valence-electron chi connectivity index (χ4n) is 2.80. The van der Waals surface area contributed by atoms with Gasteiger partial charge in [-0.25, -0.2) is 4.79 Å². The van der Waals surface area contributed by atoms with Crippen LogP contribution in [0.3, 0.4) is 0 Å². The van der Waals surface area contributed by atoms with Crippen LogP contribution >= 0.6 is 0 Å². The highest BCUT2D eigenvalue weighted by Crippen LogP contribution is 2.30. The first-order valence-electron chi connectivity index (χ1n) is 8.68. The zero-order valence-electron chi connectivity index (χ0n) is 14.3. The second kappa shape index (κ2) is 10.3. The van der Waals surface area contributed by atoms with Crippen LogP contribution < -0.4 is 4.74 Å². The Balaban J connectivity index is 3.19. The van der Waals surface area contributed by atoms with Crippen molar-refractivity contribution in [2.75, 3.05) is 0 Å². The van der Waals surface area contributed by atoms with Crippen molar-refractivity contribution in [3.8, 4) is 5.75 Å². The number of carboxylic acid groups (broad SMARTS) is 1. The Bertz CT molecular complexity index is 466. The summed E-state index contributed by atoms with van der Waals surface area (Å²) < 4.78 is 5.04. The predicted octanol–water partition coefficient (Wildman–Crippen LogP) is 5.77. The van der Waals surface area contributed by atoms with E-state index in [4.69, 9.17) is 9.84 Å². The maximum atomic E-state index is 11.0. The van der Waals surface area contributed by atoms with Crippen LogP contribution in [0.5, 0.6) is 5.75 Å². The molecule has 1 aromatic rings. The third-order valence-electron chi connectivity index (χ3n) is 4.04. The Kier molecular flexibility index (Phi) is 8.64. The van der Waals surface area contributed by atoms with Crippen molar-refractivity contribution >= 4 is 6.16 Å². The second-order valence-electron chi connectivity index (χ2n) is 5.86. The van der Waals surface area contributed by atoms with E-state index in [2.05, 4.69) is 26.8 Å². The van der Waals surface area contributed by atoms with E-state index in [9.17, 15) is 4.79 Å². The van der Waals surface area contributed by atoms with Gasteiger partial charge in [0, 0.05) is 0 Å². The Morgan fingerprint density at radius 1 is 0.909 bits per heavy atom. The van der Waals surface area contributed by atoms with Crippen molar-refractivity contribution < 1.29 is 14.6 Å². The molecule has 1 rings (SSSR count). The summed E-state index contributed by atoms with van der Waals surface area (Å²) in [5, 5.41) is 8.97. The molecule has 124 valence electrons. The molecular weight excluding hydrogens is 276 g/mol. The zero-order chi connectivity index (χ0) is 16.4. The van der Waals surface area contributed by atoms with Crippen LogP contribution in [-0.2, 0) is 19.3 Å². The van der Waals surface area contributed by atoms with Crippen molar-refractivity contribution in [1.82, 2.24) is 0 Å². The molecule has 0 saturated heterocycles. The molecule has 1 N–H and O–H groups in total. The summed E-state index contributed by atoms with van der Waals surface area (Å²) in [6.07, 6.45) is 8.55. The maximum absolute atomic E-state index is 11.0. The lowest BCUT2D eigenvalue weighted by atomic mass is 9.90. The standard InChI is InChI=1S/C19H30O3/c1-4-7-10-15-13-14-18(22-19(20)21)17(12-9-6-3)16(15)11-8-5-2/h13-14H,4-12H2,1-3H3,(H,20,21). The molecule has 0 amide bonds. The van der Waals surface area contributed by atoms with Gasteiger partial charge in [-0.05, 0) is 61.3 Å². The summed E-state index contributed by atoms with van der Waals surface area (Å²) in [6.45, 7) is 6.55. The van der Waals surface area contributed by atoms with E-state index in [1.165, 1.54) is 24.0 Å². The van der Waals surface area contributed by atoms with Gasteiger partial charge in [-0.1, -0.05) is 46.1 Å². The number of ether oxygens (including phenoxy) is 1. The smallest absolute Gasteiger partial charge is 0.449 e. The minimum absolute atomic E-state index is 0.535. The van der Waals surface area contributed by atoms with E-state index >= 15 is 0 Å². The Labute approximate surface area is 134 Å². The third kappa shape index (κ3) is 5.70. The predicted molar refractivity (Wildman–Crippen MR) is 90.9 cm³/mol. The summed E-state index contributed by atoms with van der Waals surface area (Å²) in [7, 11) is 0. The van der Waals surface area contributed by atoms with E-state index in [1.54, 1.807) is 0 Å². The Morgan fingerprint density at radius 3 is 2.00 bits per heavy atom. The number of carbonyl (C=O) groups is 1. The summed E-state index contributed by atoms with van der Waals surface area (Å²) in [6, 6.07) is 3.91. The van der Waals surface area contributed by atoms with E-state index in [-0.39, 0.29) is 0 Å². The topological polar surface area (TPSA) is 46.5 Å². The molecule has 0 spiro atoms. The molecule has 22 heavy (non-hydrogen) atoms. The van der Waals surface area contributed by atoms with E-state index in [1.807, 2.05) is 6.07 Å². The van der Waals surface area contributed by atoms with Gasteiger partial charge in [0.25, 0.3) is 0 Å². The van der Waals surface area contributed by atoms with Crippen LogP contribution in [0.2, 0.25) is 0 Å². The van der Waals surface area contributed by atoms with Gasteiger partial charge in [0.05, 0.1) is 0 Å². The number of benzene rings is 1. The fourth-order valence-corrected chi connectivity index (χ4v) is 2.80. The highest BCUT2D eigenvalue weighted by Gasteiger charge is 2.15. The van der Waals surface area contributed by atoms with Crippen molar-refractivity contribution in [1.29, 1.82) is 0 Å². The molecule has 0 aliphatic rings. The van der Waals surface area contributed by atoms with Crippen LogP contribution in [0.1, 0.15) is 76.0 Å². The van der Waals surface area contributed by atoms with Gasteiger partial charge < -0.3 is 9.84 Å². The average Bonchev–Trinajstić information content (AvgIpc) is 2.50. The number of hydrogen-bond acceptors (Lipinski definition) is 2. The first-order valence-corrected chi connectivity index (χ1v) is 8.68. The Morgan fingerprint density at radius 2 is 1.45 bits per heavy atom. The molecule has 1 aromatic carbocycles. The molecule has 0 fully saturated rings. The zero-order valence-corrected chi connectivity index (χ0v) is 14.3. The van der Waals surface area contributed by atoms with Gasteiger partial charge in [0.1, 0.15) is 5.75 Å². The summed E-state index contributed by atoms with van der Waals surface area (Å²) in [5.74, 6) is 0.535. The molecule has 0 unspecified atom stereocenters. The number of hydrogen-bond donors (Lipinski definition) is 1. The van der Waals surface area contributed by atoms with Crippen LogP contribution in [0.4, 0.5) is 4.79 Å². The highest BCUT2D eigenvalue weighted by atomic mass is 16.7. The minimum atomic E-state index is -1.22. The van der Waals surface area contributed by atoms with Crippen LogP contribution in [-0.4, -0.2) is 11.3 Å². The molecule has 0 radical (unpaired) electrons. The van der Waals surface area contributed by atoms with Gasteiger partial charge in [-0.2, -0.15) is 0 Å². The molecule has 0 heterocycles. The third-order valence-corrected chi connectivity index (χ3v) is 4.04. The number of aryl methyl sites for hydroxylation is 1. The van der Waals surface area contributed by atoms with Crippen molar-refractivity contribution in [2.45, 2.75) is 78.6 Å². The van der Waals surface area contributed by atoms with Crippen molar-refractivity contribution in [3.63, 3.8) is 0 Å². The Hall–Kier alpha value is -1.51. The van der Waals surface area contributed by atoms with E-state index in [0.717, 1.165) is 50.5 Å². The lowest BCUT2D eigenvalue weighted by molar-refractivity contribution is 0.144. The van der Waals surface area contributed by atoms with E-state index in [0.29, 0.717) is 5.75 Å². The van der Waals surface area contributed by atoms with Crippen LogP contribution in [0.25, 0.3) is 0 Å². The van der Waals surface area contributed by atoms with Gasteiger partial charge in [-0.3, -0.25) is 0 Å². The fraction of sp³-hybridized carbons (Fsp3) is 0.632. The number of rotatable bonds is 10. The van der Waals surface area contributed by atoms with Gasteiger partial charge in [0.2, 0.25) is 0 Å². The lowest BCUT2D eigenvalue weighted by Crippen LogP contribution is -2.09. The normalized spacial score (nSPS) is 10.7. The molecule has 0 bridgehead atoms. The van der Waals surface area contributed by atoms with Crippen molar-refractivity contribution in [2.24, 2.45) is 0 Å². The molecule has 0 saturated carbocycles. The van der Waals surface area contributed by atoms with Gasteiger partial charge in [-0.15, -0.1) is 0 Å². The summed E-state index contributed by atoms with van der Waals surface area (Å²) >= 11 is 0. The minimum Gasteiger partial charge on any atom is -0.449 e. The molecule has 3 nitrogen and oxygen atoms in total. The molecule has 0 atom stereocenters. The second-order valence-corrected chi connectivity index (χ2v) is 5.86. The monoisotopic (exact) mass is 306 g/mol. The van der Waals surface area contributed by atoms with Gasteiger partial charge >= 0.3 is 6.16 Å². The van der Waals surface area contributed by atoms with Crippen LogP contribution in [0.15, 0.2) is 12.1 Å². The first-order chi connectivity index (χ1) is 10.6. The molecule has 0 aliphatic heterocycles. The quantitative estimate of drug-likeness (QED) is 0.441. The highest BCUT2D eigenvalue weighted by molar-refractivity contribution is 5.63. The molecule has 0 aliphatic carbocycles. The largest absolute Gasteiger partial charge is 0.511 e. The molecular formula is C19H30O3. The molecule has 0 aromatic heterocycles. The summed E-state index contributed by atoms with van der Waals surface area (Å²) in [4.78, 5) is 11.0. The van der Waals surface area contributed by atoms with Gasteiger partial charge in [0.15, 0.2) is 0 Å². The molecule has 3 heteroatoms. The maximum Gasteiger partial charge on any atom is 0.511 e. The van der Waals surface area contributed by atoms with Crippen LogP contribution in [0, 0.1) is 0 Å². The first kappa shape index (κ1) is 18.5.